The molecule has 2 heterocycles. The van der Waals surface area contributed by atoms with E-state index in [1.54, 1.807) is 0 Å². The Balaban J connectivity index is 2.04. The van der Waals surface area contributed by atoms with Crippen molar-refractivity contribution in [1.82, 2.24) is 14.7 Å². The van der Waals surface area contributed by atoms with E-state index in [0.29, 0.717) is 5.88 Å². The van der Waals surface area contributed by atoms with Crippen molar-refractivity contribution in [3.8, 4) is 0 Å². The standard InChI is InChI=1S/C13H18ClN3/c1-13(2,6-7-14)15-9-11-10-17-8-4-3-5-12(17)16-11/h3-5,8,10,15H,6-7,9H2,1-2H3. The van der Waals surface area contributed by atoms with Crippen molar-refractivity contribution in [3.63, 3.8) is 0 Å². The van der Waals surface area contributed by atoms with Gasteiger partial charge in [-0.3, -0.25) is 0 Å². The van der Waals surface area contributed by atoms with Crippen LogP contribution >= 0.6 is 11.6 Å². The first-order chi connectivity index (χ1) is 8.11. The molecular formula is C13H18ClN3. The lowest BCUT2D eigenvalue weighted by molar-refractivity contribution is 0.374. The summed E-state index contributed by atoms with van der Waals surface area (Å²) in [5.41, 5.74) is 2.09. The van der Waals surface area contributed by atoms with Crippen LogP contribution in [-0.2, 0) is 6.54 Å². The molecule has 0 atom stereocenters. The van der Waals surface area contributed by atoms with Crippen molar-refractivity contribution in [2.45, 2.75) is 32.4 Å². The van der Waals surface area contributed by atoms with Gasteiger partial charge in [0.05, 0.1) is 5.69 Å². The molecular weight excluding hydrogens is 234 g/mol. The lowest BCUT2D eigenvalue weighted by Crippen LogP contribution is -2.39. The van der Waals surface area contributed by atoms with Crippen LogP contribution in [0, 0.1) is 0 Å². The molecule has 17 heavy (non-hydrogen) atoms. The van der Waals surface area contributed by atoms with Gasteiger partial charge in [-0.15, -0.1) is 11.6 Å². The summed E-state index contributed by atoms with van der Waals surface area (Å²) in [4.78, 5) is 4.54. The minimum absolute atomic E-state index is 0.0531. The fraction of sp³-hybridized carbons (Fsp3) is 0.462. The summed E-state index contributed by atoms with van der Waals surface area (Å²) in [5.74, 6) is 0.672. The summed E-state index contributed by atoms with van der Waals surface area (Å²) < 4.78 is 2.03. The van der Waals surface area contributed by atoms with Gasteiger partial charge in [0.1, 0.15) is 5.65 Å². The van der Waals surface area contributed by atoms with E-state index in [1.165, 1.54) is 0 Å². The maximum absolute atomic E-state index is 5.77. The van der Waals surface area contributed by atoms with Gasteiger partial charge in [-0.25, -0.2) is 4.98 Å². The maximum Gasteiger partial charge on any atom is 0.137 e. The molecule has 1 N–H and O–H groups in total. The number of nitrogens with one attached hydrogen (secondary N) is 1. The Morgan fingerprint density at radius 2 is 2.24 bits per heavy atom. The second kappa shape index (κ2) is 5.07. The Hall–Kier alpha value is -1.06. The highest BCUT2D eigenvalue weighted by atomic mass is 35.5. The number of nitrogens with zero attached hydrogens (tertiary/aromatic N) is 2. The van der Waals surface area contributed by atoms with Crippen molar-refractivity contribution in [3.05, 3.63) is 36.3 Å². The minimum Gasteiger partial charge on any atom is -0.307 e. The lowest BCUT2D eigenvalue weighted by Gasteiger charge is -2.24. The van der Waals surface area contributed by atoms with Crippen LogP contribution < -0.4 is 5.32 Å². The predicted molar refractivity (Wildman–Crippen MR) is 71.4 cm³/mol. The van der Waals surface area contributed by atoms with Crippen molar-refractivity contribution < 1.29 is 0 Å². The van der Waals surface area contributed by atoms with Crippen molar-refractivity contribution >= 4 is 17.2 Å². The van der Waals surface area contributed by atoms with E-state index in [0.717, 1.165) is 24.3 Å². The first-order valence-electron chi connectivity index (χ1n) is 5.84. The van der Waals surface area contributed by atoms with E-state index in [1.807, 2.05) is 28.8 Å². The number of hydrogen-bond acceptors (Lipinski definition) is 2. The van der Waals surface area contributed by atoms with Gasteiger partial charge in [0.15, 0.2) is 0 Å². The second-order valence-corrected chi connectivity index (χ2v) is 5.25. The Kier molecular flexibility index (Phi) is 3.69. The molecule has 0 bridgehead atoms. The fourth-order valence-corrected chi connectivity index (χ4v) is 2.20. The third kappa shape index (κ3) is 3.20. The van der Waals surface area contributed by atoms with Crippen molar-refractivity contribution in [2.24, 2.45) is 0 Å². The summed E-state index contributed by atoms with van der Waals surface area (Å²) in [6.45, 7) is 5.09. The highest BCUT2D eigenvalue weighted by Gasteiger charge is 2.16. The SMILES string of the molecule is CC(C)(CCCl)NCc1cn2ccccc2n1. The summed E-state index contributed by atoms with van der Waals surface area (Å²) in [6.07, 6.45) is 5.01. The molecule has 3 nitrogen and oxygen atoms in total. The molecule has 4 heteroatoms. The topological polar surface area (TPSA) is 29.3 Å². The predicted octanol–water partition coefficient (Wildman–Crippen LogP) is 2.83. The van der Waals surface area contributed by atoms with E-state index in [2.05, 4.69) is 30.3 Å². The van der Waals surface area contributed by atoms with Gasteiger partial charge in [0.2, 0.25) is 0 Å². The Labute approximate surface area is 107 Å². The molecule has 0 spiro atoms. The fourth-order valence-electron chi connectivity index (χ4n) is 1.73. The Morgan fingerprint density at radius 3 is 2.94 bits per heavy atom. The Bertz CT molecular complexity index is 457. The van der Waals surface area contributed by atoms with Gasteiger partial charge in [0, 0.05) is 30.4 Å². The molecule has 2 aromatic rings. The largest absolute Gasteiger partial charge is 0.307 e. The average molecular weight is 252 g/mol. The van der Waals surface area contributed by atoms with Gasteiger partial charge in [-0.05, 0) is 32.4 Å². The quantitative estimate of drug-likeness (QED) is 0.828. The van der Waals surface area contributed by atoms with E-state index >= 15 is 0 Å². The minimum atomic E-state index is 0.0531. The highest BCUT2D eigenvalue weighted by Crippen LogP contribution is 2.11. The smallest absolute Gasteiger partial charge is 0.137 e. The Morgan fingerprint density at radius 1 is 1.41 bits per heavy atom. The zero-order valence-electron chi connectivity index (χ0n) is 10.3. The van der Waals surface area contributed by atoms with E-state index in [9.17, 15) is 0 Å². The van der Waals surface area contributed by atoms with Crippen LogP contribution in [0.3, 0.4) is 0 Å². The summed E-state index contributed by atoms with van der Waals surface area (Å²) in [5, 5.41) is 3.48. The summed E-state index contributed by atoms with van der Waals surface area (Å²) >= 11 is 5.77. The molecule has 92 valence electrons. The summed E-state index contributed by atoms with van der Waals surface area (Å²) in [6, 6.07) is 6.01. The van der Waals surface area contributed by atoms with Crippen LogP contribution in [0.15, 0.2) is 30.6 Å². The van der Waals surface area contributed by atoms with Crippen LogP contribution in [0.25, 0.3) is 5.65 Å². The molecule has 2 rings (SSSR count). The molecule has 0 aliphatic carbocycles. The highest BCUT2D eigenvalue weighted by molar-refractivity contribution is 6.17. The van der Waals surface area contributed by atoms with Crippen molar-refractivity contribution in [2.75, 3.05) is 5.88 Å². The van der Waals surface area contributed by atoms with Gasteiger partial charge in [0.25, 0.3) is 0 Å². The number of aromatic nitrogens is 2. The number of alkyl halides is 1. The van der Waals surface area contributed by atoms with Gasteiger partial charge < -0.3 is 9.72 Å². The van der Waals surface area contributed by atoms with E-state index in [4.69, 9.17) is 11.6 Å². The first-order valence-corrected chi connectivity index (χ1v) is 6.38. The molecule has 0 saturated heterocycles. The molecule has 2 aromatic heterocycles. The van der Waals surface area contributed by atoms with E-state index in [-0.39, 0.29) is 5.54 Å². The summed E-state index contributed by atoms with van der Waals surface area (Å²) in [7, 11) is 0. The van der Waals surface area contributed by atoms with Gasteiger partial charge >= 0.3 is 0 Å². The zero-order valence-corrected chi connectivity index (χ0v) is 11.0. The number of fused-ring (bicyclic) bond motifs is 1. The van der Waals surface area contributed by atoms with Gasteiger partial charge in [-0.1, -0.05) is 6.07 Å². The number of rotatable bonds is 5. The molecule has 0 saturated carbocycles. The molecule has 0 unspecified atom stereocenters. The molecule has 0 radical (unpaired) electrons. The van der Waals surface area contributed by atoms with Crippen LogP contribution in [0.5, 0.6) is 0 Å². The van der Waals surface area contributed by atoms with E-state index < -0.39 is 0 Å². The van der Waals surface area contributed by atoms with Gasteiger partial charge in [-0.2, -0.15) is 0 Å². The van der Waals surface area contributed by atoms with Crippen molar-refractivity contribution in [1.29, 1.82) is 0 Å². The lowest BCUT2D eigenvalue weighted by atomic mass is 10.0. The number of pyridine rings is 1. The maximum atomic E-state index is 5.77. The molecule has 0 fully saturated rings. The monoisotopic (exact) mass is 251 g/mol. The number of imidazole rings is 1. The first kappa shape index (κ1) is 12.4. The number of halogens is 1. The second-order valence-electron chi connectivity index (χ2n) is 4.87. The van der Waals surface area contributed by atoms with Crippen LogP contribution in [-0.4, -0.2) is 20.8 Å². The third-order valence-electron chi connectivity index (χ3n) is 2.88. The third-order valence-corrected chi connectivity index (χ3v) is 3.07. The molecule has 0 aliphatic rings. The molecule has 0 amide bonds. The zero-order chi connectivity index (χ0) is 12.3. The molecule has 0 aromatic carbocycles. The average Bonchev–Trinajstić information content (AvgIpc) is 2.69. The number of hydrogen-bond donors (Lipinski definition) is 1. The van der Waals surface area contributed by atoms with Crippen LogP contribution in [0.1, 0.15) is 26.0 Å². The molecule has 0 aliphatic heterocycles. The van der Waals surface area contributed by atoms with Crippen LogP contribution in [0.2, 0.25) is 0 Å². The normalized spacial score (nSPS) is 12.2. The van der Waals surface area contributed by atoms with Crippen LogP contribution in [0.4, 0.5) is 0 Å².